The Labute approximate surface area is 121 Å². The van der Waals surface area contributed by atoms with Crippen molar-refractivity contribution in [2.24, 2.45) is 5.92 Å². The SMILES string of the molecule is Cc1cc(C)c(CNCC(C)C)c(OC2CCOC2)n1. The number of rotatable bonds is 6. The molecular weight excluding hydrogens is 252 g/mol. The molecule has 1 N–H and O–H groups in total. The van der Waals surface area contributed by atoms with Crippen molar-refractivity contribution >= 4 is 0 Å². The van der Waals surface area contributed by atoms with E-state index in [1.165, 1.54) is 11.1 Å². The third-order valence-corrected chi connectivity index (χ3v) is 3.46. The van der Waals surface area contributed by atoms with E-state index in [0.29, 0.717) is 12.5 Å². The molecule has 0 spiro atoms. The highest BCUT2D eigenvalue weighted by Gasteiger charge is 2.20. The molecule has 1 aliphatic heterocycles. The molecule has 112 valence electrons. The zero-order valence-corrected chi connectivity index (χ0v) is 13.0. The smallest absolute Gasteiger partial charge is 0.218 e. The number of nitrogens with one attached hydrogen (secondary N) is 1. The summed E-state index contributed by atoms with van der Waals surface area (Å²) in [5.74, 6) is 1.41. The van der Waals surface area contributed by atoms with E-state index in [2.05, 4.69) is 37.1 Å². The molecular formula is C16H26N2O2. The average Bonchev–Trinajstić information content (AvgIpc) is 2.85. The summed E-state index contributed by atoms with van der Waals surface area (Å²) in [4.78, 5) is 4.58. The molecule has 1 saturated heterocycles. The van der Waals surface area contributed by atoms with Crippen molar-refractivity contribution < 1.29 is 9.47 Å². The fourth-order valence-corrected chi connectivity index (χ4v) is 2.39. The standard InChI is InChI=1S/C16H26N2O2/c1-11(2)8-17-9-15-12(3)7-13(4)18-16(15)20-14-5-6-19-10-14/h7,11,14,17H,5-6,8-10H2,1-4H3. The minimum Gasteiger partial charge on any atom is -0.472 e. The van der Waals surface area contributed by atoms with E-state index in [-0.39, 0.29) is 6.10 Å². The van der Waals surface area contributed by atoms with Crippen LogP contribution in [-0.2, 0) is 11.3 Å². The summed E-state index contributed by atoms with van der Waals surface area (Å²) in [5.41, 5.74) is 3.41. The van der Waals surface area contributed by atoms with E-state index >= 15 is 0 Å². The van der Waals surface area contributed by atoms with Crippen LogP contribution in [0.5, 0.6) is 5.88 Å². The van der Waals surface area contributed by atoms with Crippen LogP contribution in [-0.4, -0.2) is 30.8 Å². The first-order chi connectivity index (χ1) is 9.56. The summed E-state index contributed by atoms with van der Waals surface area (Å²) in [6.45, 7) is 11.8. The number of ether oxygens (including phenoxy) is 2. The predicted octanol–water partition coefficient (Wildman–Crippen LogP) is 2.61. The van der Waals surface area contributed by atoms with Crippen molar-refractivity contribution in [3.63, 3.8) is 0 Å². The molecule has 1 aromatic heterocycles. The zero-order valence-electron chi connectivity index (χ0n) is 13.0. The largest absolute Gasteiger partial charge is 0.472 e. The predicted molar refractivity (Wildman–Crippen MR) is 80.1 cm³/mol. The average molecular weight is 278 g/mol. The molecule has 0 aromatic carbocycles. The van der Waals surface area contributed by atoms with Gasteiger partial charge in [-0.3, -0.25) is 0 Å². The first-order valence-corrected chi connectivity index (χ1v) is 7.48. The maximum Gasteiger partial charge on any atom is 0.218 e. The van der Waals surface area contributed by atoms with Gasteiger partial charge in [0.25, 0.3) is 0 Å². The molecule has 0 saturated carbocycles. The Morgan fingerprint density at radius 2 is 2.25 bits per heavy atom. The van der Waals surface area contributed by atoms with Crippen molar-refractivity contribution in [1.29, 1.82) is 0 Å². The molecule has 20 heavy (non-hydrogen) atoms. The van der Waals surface area contributed by atoms with Crippen molar-refractivity contribution in [3.8, 4) is 5.88 Å². The quantitative estimate of drug-likeness (QED) is 0.868. The zero-order chi connectivity index (χ0) is 14.5. The second-order valence-corrected chi connectivity index (χ2v) is 5.99. The van der Waals surface area contributed by atoms with Gasteiger partial charge in [0.15, 0.2) is 0 Å². The Kier molecular flexibility index (Phi) is 5.38. The Balaban J connectivity index is 2.10. The molecule has 4 heteroatoms. The fourth-order valence-electron chi connectivity index (χ4n) is 2.39. The Hall–Kier alpha value is -1.13. The minimum absolute atomic E-state index is 0.146. The first kappa shape index (κ1) is 15.3. The highest BCUT2D eigenvalue weighted by Crippen LogP contribution is 2.23. The number of nitrogens with zero attached hydrogens (tertiary/aromatic N) is 1. The summed E-state index contributed by atoms with van der Waals surface area (Å²) in [7, 11) is 0. The summed E-state index contributed by atoms with van der Waals surface area (Å²) in [6, 6.07) is 2.12. The van der Waals surface area contributed by atoms with Gasteiger partial charge in [-0.25, -0.2) is 4.98 Å². The highest BCUT2D eigenvalue weighted by atomic mass is 16.5. The van der Waals surface area contributed by atoms with Crippen molar-refractivity contribution in [2.75, 3.05) is 19.8 Å². The van der Waals surface area contributed by atoms with Crippen molar-refractivity contribution in [1.82, 2.24) is 10.3 Å². The maximum atomic E-state index is 6.05. The number of hydrogen-bond acceptors (Lipinski definition) is 4. The number of pyridine rings is 1. The molecule has 1 fully saturated rings. The third-order valence-electron chi connectivity index (χ3n) is 3.46. The minimum atomic E-state index is 0.146. The van der Waals surface area contributed by atoms with Crippen LogP contribution in [0.25, 0.3) is 0 Å². The Morgan fingerprint density at radius 1 is 1.45 bits per heavy atom. The van der Waals surface area contributed by atoms with E-state index in [0.717, 1.165) is 37.7 Å². The number of aryl methyl sites for hydroxylation is 2. The molecule has 1 atom stereocenters. The molecule has 0 aliphatic carbocycles. The molecule has 0 radical (unpaired) electrons. The Bertz CT molecular complexity index is 440. The van der Waals surface area contributed by atoms with Crippen LogP contribution in [0.3, 0.4) is 0 Å². The van der Waals surface area contributed by atoms with Crippen LogP contribution in [0.4, 0.5) is 0 Å². The van der Waals surface area contributed by atoms with Crippen molar-refractivity contribution in [3.05, 3.63) is 22.9 Å². The van der Waals surface area contributed by atoms with Gasteiger partial charge in [0, 0.05) is 24.2 Å². The van der Waals surface area contributed by atoms with Crippen LogP contribution in [0.15, 0.2) is 6.07 Å². The molecule has 1 unspecified atom stereocenters. The van der Waals surface area contributed by atoms with Crippen LogP contribution < -0.4 is 10.1 Å². The molecule has 2 rings (SSSR count). The van der Waals surface area contributed by atoms with Crippen molar-refractivity contribution in [2.45, 2.75) is 46.8 Å². The molecule has 0 bridgehead atoms. The summed E-state index contributed by atoms with van der Waals surface area (Å²) in [5, 5.41) is 3.48. The van der Waals surface area contributed by atoms with Gasteiger partial charge in [-0.2, -0.15) is 0 Å². The van der Waals surface area contributed by atoms with Gasteiger partial charge in [0.1, 0.15) is 6.10 Å². The van der Waals surface area contributed by atoms with Crippen LogP contribution in [0, 0.1) is 19.8 Å². The Morgan fingerprint density at radius 3 is 2.90 bits per heavy atom. The normalized spacial score (nSPS) is 18.8. The third kappa shape index (κ3) is 4.18. The summed E-state index contributed by atoms with van der Waals surface area (Å²) < 4.78 is 11.4. The lowest BCUT2D eigenvalue weighted by molar-refractivity contribution is 0.137. The number of hydrogen-bond donors (Lipinski definition) is 1. The molecule has 1 aromatic rings. The molecule has 2 heterocycles. The molecule has 0 amide bonds. The van der Waals surface area contributed by atoms with E-state index < -0.39 is 0 Å². The van der Waals surface area contributed by atoms with E-state index in [4.69, 9.17) is 9.47 Å². The van der Waals surface area contributed by atoms with Gasteiger partial charge in [0.2, 0.25) is 5.88 Å². The number of aromatic nitrogens is 1. The lowest BCUT2D eigenvalue weighted by Gasteiger charge is -2.18. The highest BCUT2D eigenvalue weighted by molar-refractivity contribution is 5.36. The second-order valence-electron chi connectivity index (χ2n) is 5.99. The second kappa shape index (κ2) is 7.04. The van der Waals surface area contributed by atoms with Gasteiger partial charge in [-0.1, -0.05) is 13.8 Å². The van der Waals surface area contributed by atoms with E-state index in [9.17, 15) is 0 Å². The van der Waals surface area contributed by atoms with E-state index in [1.54, 1.807) is 0 Å². The van der Waals surface area contributed by atoms with Gasteiger partial charge in [0.05, 0.1) is 13.2 Å². The monoisotopic (exact) mass is 278 g/mol. The lowest BCUT2D eigenvalue weighted by Crippen LogP contribution is -2.23. The topological polar surface area (TPSA) is 43.4 Å². The maximum absolute atomic E-state index is 6.05. The van der Waals surface area contributed by atoms with Gasteiger partial charge in [-0.15, -0.1) is 0 Å². The molecule has 4 nitrogen and oxygen atoms in total. The molecule has 1 aliphatic rings. The van der Waals surface area contributed by atoms with Crippen LogP contribution in [0.1, 0.15) is 37.1 Å². The first-order valence-electron chi connectivity index (χ1n) is 7.48. The summed E-state index contributed by atoms with van der Waals surface area (Å²) in [6.07, 6.45) is 1.10. The van der Waals surface area contributed by atoms with Crippen LogP contribution >= 0.6 is 0 Å². The van der Waals surface area contributed by atoms with E-state index in [1.807, 2.05) is 6.92 Å². The van der Waals surface area contributed by atoms with Gasteiger partial charge in [-0.05, 0) is 37.9 Å². The summed E-state index contributed by atoms with van der Waals surface area (Å²) >= 11 is 0. The van der Waals surface area contributed by atoms with Gasteiger partial charge < -0.3 is 14.8 Å². The fraction of sp³-hybridized carbons (Fsp3) is 0.688. The van der Waals surface area contributed by atoms with Gasteiger partial charge >= 0.3 is 0 Å². The van der Waals surface area contributed by atoms with Crippen LogP contribution in [0.2, 0.25) is 0 Å². The lowest BCUT2D eigenvalue weighted by atomic mass is 10.1.